The van der Waals surface area contributed by atoms with Crippen LogP contribution >= 0.6 is 31.9 Å². The molecule has 0 saturated heterocycles. The number of ether oxygens (including phenoxy) is 1. The number of nitrogens with one attached hydrogen (secondary N) is 2. The molecule has 3 rings (SSSR count). The highest BCUT2D eigenvalue weighted by molar-refractivity contribution is 9.13. The molecule has 3 N–H and O–H groups in total. The van der Waals surface area contributed by atoms with Crippen LogP contribution in [0.1, 0.15) is 29.2 Å². The van der Waals surface area contributed by atoms with Crippen molar-refractivity contribution in [3.63, 3.8) is 0 Å². The molecule has 0 unspecified atom stereocenters. The molecule has 0 bridgehead atoms. The van der Waals surface area contributed by atoms with Crippen molar-refractivity contribution in [2.24, 2.45) is 5.10 Å². The summed E-state index contributed by atoms with van der Waals surface area (Å²) >= 11 is 6.61. The molecule has 3 aromatic carbocycles. The molecule has 0 fully saturated rings. The van der Waals surface area contributed by atoms with E-state index in [4.69, 9.17) is 4.74 Å². The number of hydrogen-bond acceptors (Lipinski definition) is 6. The summed E-state index contributed by atoms with van der Waals surface area (Å²) in [6, 6.07) is 16.0. The zero-order valence-electron chi connectivity index (χ0n) is 18.8. The van der Waals surface area contributed by atoms with Gasteiger partial charge in [-0.05, 0) is 62.5 Å². The van der Waals surface area contributed by atoms with E-state index < -0.39 is 22.0 Å². The number of aryl methyl sites for hydroxylation is 1. The van der Waals surface area contributed by atoms with E-state index in [1.54, 1.807) is 48.5 Å². The van der Waals surface area contributed by atoms with Crippen LogP contribution < -0.4 is 14.9 Å². The lowest BCUT2D eigenvalue weighted by Gasteiger charge is -2.18. The molecule has 3 aromatic rings. The van der Waals surface area contributed by atoms with Crippen molar-refractivity contribution in [3.05, 3.63) is 86.3 Å². The predicted octanol–water partition coefficient (Wildman–Crippen LogP) is 4.79. The number of phenols is 1. The number of phenolic OH excluding ortho intramolecular Hbond substituents is 1. The van der Waals surface area contributed by atoms with Gasteiger partial charge in [-0.3, -0.25) is 4.79 Å². The van der Waals surface area contributed by atoms with Gasteiger partial charge in [-0.1, -0.05) is 48.0 Å². The number of benzene rings is 3. The van der Waals surface area contributed by atoms with E-state index >= 15 is 0 Å². The van der Waals surface area contributed by atoms with Gasteiger partial charge in [0, 0.05) is 16.5 Å². The lowest BCUT2D eigenvalue weighted by Crippen LogP contribution is -2.32. The molecule has 0 aliphatic carbocycles. The van der Waals surface area contributed by atoms with E-state index in [0.717, 1.165) is 5.56 Å². The average Bonchev–Trinajstić information content (AvgIpc) is 2.84. The van der Waals surface area contributed by atoms with Crippen molar-refractivity contribution in [2.75, 3.05) is 7.11 Å². The maximum absolute atomic E-state index is 13.0. The van der Waals surface area contributed by atoms with Gasteiger partial charge in [-0.15, -0.1) is 0 Å². The second-order valence-corrected chi connectivity index (χ2v) is 10.8. The minimum Gasteiger partial charge on any atom is -0.503 e. The van der Waals surface area contributed by atoms with Crippen LogP contribution in [0.2, 0.25) is 0 Å². The third kappa shape index (κ3) is 6.91. The van der Waals surface area contributed by atoms with Gasteiger partial charge in [0.1, 0.15) is 0 Å². The predicted molar refractivity (Wildman–Crippen MR) is 141 cm³/mol. The van der Waals surface area contributed by atoms with Crippen LogP contribution in [-0.2, 0) is 14.8 Å². The van der Waals surface area contributed by atoms with E-state index in [1.165, 1.54) is 25.5 Å². The van der Waals surface area contributed by atoms with Crippen molar-refractivity contribution >= 4 is 54.0 Å². The Morgan fingerprint density at radius 3 is 2.40 bits per heavy atom. The number of amides is 1. The Balaban J connectivity index is 1.77. The van der Waals surface area contributed by atoms with E-state index in [1.807, 2.05) is 6.92 Å². The number of hydrazone groups is 1. The number of sulfonamides is 1. The summed E-state index contributed by atoms with van der Waals surface area (Å²) in [5, 5.41) is 14.0. The Kier molecular flexibility index (Phi) is 9.06. The molecular formula is C24H23Br2N3O5S. The third-order valence-corrected chi connectivity index (χ3v) is 8.65. The van der Waals surface area contributed by atoms with Crippen LogP contribution in [0.15, 0.2) is 79.6 Å². The molecule has 0 saturated carbocycles. The largest absolute Gasteiger partial charge is 0.503 e. The summed E-state index contributed by atoms with van der Waals surface area (Å²) in [6.45, 7) is 1.87. The number of nitrogens with zero attached hydrogens (tertiary/aromatic N) is 1. The lowest BCUT2D eigenvalue weighted by molar-refractivity contribution is -0.121. The second kappa shape index (κ2) is 11.8. The van der Waals surface area contributed by atoms with Gasteiger partial charge in [0.25, 0.3) is 0 Å². The molecule has 11 heteroatoms. The summed E-state index contributed by atoms with van der Waals surface area (Å²) in [4.78, 5) is 12.8. The number of carbonyl (C=O) groups is 1. The third-order valence-electron chi connectivity index (χ3n) is 5.01. The van der Waals surface area contributed by atoms with Gasteiger partial charge in [0.15, 0.2) is 11.5 Å². The van der Waals surface area contributed by atoms with E-state index in [-0.39, 0.29) is 22.8 Å². The smallest absolute Gasteiger partial charge is 0.242 e. The number of hydrogen-bond donors (Lipinski definition) is 3. The normalized spacial score (nSPS) is 12.5. The minimum atomic E-state index is -3.87. The fraction of sp³-hybridized carbons (Fsp3) is 0.167. The molecule has 0 aliphatic heterocycles. The molecule has 8 nitrogen and oxygen atoms in total. The highest BCUT2D eigenvalue weighted by Crippen LogP contribution is 2.41. The molecule has 35 heavy (non-hydrogen) atoms. The summed E-state index contributed by atoms with van der Waals surface area (Å²) in [5.74, 6) is -0.350. The average molecular weight is 625 g/mol. The van der Waals surface area contributed by atoms with Crippen molar-refractivity contribution in [1.82, 2.24) is 10.1 Å². The monoisotopic (exact) mass is 623 g/mol. The second-order valence-electron chi connectivity index (χ2n) is 7.54. The van der Waals surface area contributed by atoms with Crippen LogP contribution in [0.4, 0.5) is 0 Å². The summed E-state index contributed by atoms with van der Waals surface area (Å²) < 4.78 is 34.5. The first-order valence-electron chi connectivity index (χ1n) is 10.3. The van der Waals surface area contributed by atoms with Gasteiger partial charge in [-0.2, -0.15) is 5.10 Å². The SMILES string of the molecule is COc1cc(/C=N\NC(=O)C[C@@H](NS(=O)(=O)c2ccc(C)cc2)c2ccccc2)c(Br)c(Br)c1O. The quantitative estimate of drug-likeness (QED) is 0.234. The van der Waals surface area contributed by atoms with Crippen LogP contribution in [-0.4, -0.2) is 32.8 Å². The van der Waals surface area contributed by atoms with Gasteiger partial charge in [0.2, 0.25) is 15.9 Å². The number of methoxy groups -OCH3 is 1. The molecular weight excluding hydrogens is 602 g/mol. The molecule has 0 radical (unpaired) electrons. The number of halogens is 2. The molecule has 0 aromatic heterocycles. The van der Waals surface area contributed by atoms with Crippen molar-refractivity contribution < 1.29 is 23.1 Å². The maximum Gasteiger partial charge on any atom is 0.242 e. The molecule has 1 atom stereocenters. The number of carbonyl (C=O) groups excluding carboxylic acids is 1. The van der Waals surface area contributed by atoms with E-state index in [0.29, 0.717) is 20.1 Å². The maximum atomic E-state index is 13.0. The standard InChI is InChI=1S/C24H23Br2N3O5S/c1-15-8-10-18(11-9-15)35(32,33)29-19(16-6-4-3-5-7-16)13-21(30)28-27-14-17-12-20(34-2)24(31)23(26)22(17)25/h3-12,14,19,29,31H,13H2,1-2H3,(H,28,30)/b27-14-/t19-/m1/s1. The molecule has 0 aliphatic rings. The Bertz CT molecular complexity index is 1330. The zero-order valence-corrected chi connectivity index (χ0v) is 22.8. The van der Waals surface area contributed by atoms with Crippen molar-refractivity contribution in [3.8, 4) is 11.5 Å². The minimum absolute atomic E-state index is 0.0767. The fourth-order valence-corrected chi connectivity index (χ4v) is 5.21. The highest BCUT2D eigenvalue weighted by Gasteiger charge is 2.24. The first-order valence-corrected chi connectivity index (χ1v) is 13.4. The topological polar surface area (TPSA) is 117 Å². The molecule has 1 amide bonds. The van der Waals surface area contributed by atoms with Gasteiger partial charge < -0.3 is 9.84 Å². The number of aromatic hydroxyl groups is 1. The van der Waals surface area contributed by atoms with E-state index in [9.17, 15) is 18.3 Å². The highest BCUT2D eigenvalue weighted by atomic mass is 79.9. The summed E-state index contributed by atoms with van der Waals surface area (Å²) in [7, 11) is -2.46. The number of rotatable bonds is 9. The summed E-state index contributed by atoms with van der Waals surface area (Å²) in [6.07, 6.45) is 1.19. The van der Waals surface area contributed by atoms with Crippen molar-refractivity contribution in [2.45, 2.75) is 24.3 Å². The molecule has 184 valence electrons. The Morgan fingerprint density at radius 1 is 1.11 bits per heavy atom. The van der Waals surface area contributed by atoms with Crippen molar-refractivity contribution in [1.29, 1.82) is 0 Å². The van der Waals surface area contributed by atoms with Crippen LogP contribution in [0, 0.1) is 6.92 Å². The van der Waals surface area contributed by atoms with Gasteiger partial charge >= 0.3 is 0 Å². The lowest BCUT2D eigenvalue weighted by atomic mass is 10.0. The Hall–Kier alpha value is -2.73. The van der Waals surface area contributed by atoms with E-state index in [2.05, 4.69) is 47.1 Å². The molecule has 0 heterocycles. The summed E-state index contributed by atoms with van der Waals surface area (Å²) in [5.41, 5.74) is 4.53. The Labute approximate surface area is 220 Å². The zero-order chi connectivity index (χ0) is 25.6. The van der Waals surface area contributed by atoms with Gasteiger partial charge in [0.05, 0.1) is 28.7 Å². The Morgan fingerprint density at radius 2 is 1.77 bits per heavy atom. The fourth-order valence-electron chi connectivity index (χ4n) is 3.15. The van der Waals surface area contributed by atoms with Gasteiger partial charge in [-0.25, -0.2) is 18.6 Å². The van der Waals surface area contributed by atoms with Crippen LogP contribution in [0.5, 0.6) is 11.5 Å². The first-order chi connectivity index (χ1) is 16.6. The molecule has 0 spiro atoms. The van der Waals surface area contributed by atoms with Crippen LogP contribution in [0.3, 0.4) is 0 Å². The first kappa shape index (κ1) is 26.9. The van der Waals surface area contributed by atoms with Crippen LogP contribution in [0.25, 0.3) is 0 Å².